The minimum atomic E-state index is -0.532. The van der Waals surface area contributed by atoms with Crippen LogP contribution in [0.15, 0.2) is 24.3 Å². The van der Waals surface area contributed by atoms with Crippen LogP contribution in [0.1, 0.15) is 56.3 Å². The second-order valence-electron chi connectivity index (χ2n) is 5.68. The number of rotatable bonds is 5. The predicted octanol–water partition coefficient (Wildman–Crippen LogP) is 3.11. The van der Waals surface area contributed by atoms with Crippen LogP contribution in [-0.2, 0) is 4.79 Å². The van der Waals surface area contributed by atoms with E-state index in [1.807, 2.05) is 0 Å². The number of carbonyl (C=O) groups is 2. The largest absolute Gasteiger partial charge is 0.481 e. The topological polar surface area (TPSA) is 55.4 Å². The lowest BCUT2D eigenvalue weighted by molar-refractivity contribution is -0.128. The minimum absolute atomic E-state index is 0.0182. The molecule has 4 nitrogen and oxygen atoms in total. The number of nitrogens with one attached hydrogen (secondary N) is 1. The van der Waals surface area contributed by atoms with E-state index in [2.05, 4.69) is 5.32 Å². The molecule has 0 heterocycles. The molecule has 0 saturated heterocycles. The molecule has 1 unspecified atom stereocenters. The minimum Gasteiger partial charge on any atom is -0.481 e. The van der Waals surface area contributed by atoms with E-state index in [0.29, 0.717) is 11.3 Å². The molecule has 1 aliphatic rings. The van der Waals surface area contributed by atoms with Crippen LogP contribution < -0.4 is 10.1 Å². The summed E-state index contributed by atoms with van der Waals surface area (Å²) < 4.78 is 5.63. The van der Waals surface area contributed by atoms with Gasteiger partial charge in [-0.15, -0.1) is 0 Å². The van der Waals surface area contributed by atoms with Gasteiger partial charge in [0.05, 0.1) is 0 Å². The SMILES string of the molecule is CC(=O)c1ccc(OC(C)C(=O)NC2CCCCC2)cc1. The van der Waals surface area contributed by atoms with Crippen LogP contribution >= 0.6 is 0 Å². The molecule has 1 saturated carbocycles. The number of ether oxygens (including phenoxy) is 1. The van der Waals surface area contributed by atoms with Crippen LogP contribution in [0.5, 0.6) is 5.75 Å². The molecule has 1 atom stereocenters. The van der Waals surface area contributed by atoms with Crippen molar-refractivity contribution in [2.45, 2.75) is 58.1 Å². The highest BCUT2D eigenvalue weighted by molar-refractivity contribution is 5.94. The van der Waals surface area contributed by atoms with E-state index in [1.54, 1.807) is 31.2 Å². The van der Waals surface area contributed by atoms with Gasteiger partial charge in [-0.3, -0.25) is 9.59 Å². The first-order chi connectivity index (χ1) is 10.1. The highest BCUT2D eigenvalue weighted by atomic mass is 16.5. The first-order valence-electron chi connectivity index (χ1n) is 7.64. The Morgan fingerprint density at radius 3 is 2.33 bits per heavy atom. The second kappa shape index (κ2) is 7.25. The van der Waals surface area contributed by atoms with Crippen molar-refractivity contribution in [3.63, 3.8) is 0 Å². The van der Waals surface area contributed by atoms with Gasteiger partial charge in [-0.2, -0.15) is 0 Å². The number of hydrogen-bond donors (Lipinski definition) is 1. The molecular formula is C17H23NO3. The van der Waals surface area contributed by atoms with Crippen molar-refractivity contribution in [3.8, 4) is 5.75 Å². The number of benzene rings is 1. The molecule has 0 aliphatic heterocycles. The van der Waals surface area contributed by atoms with E-state index in [1.165, 1.54) is 26.2 Å². The second-order valence-corrected chi connectivity index (χ2v) is 5.68. The fourth-order valence-corrected chi connectivity index (χ4v) is 2.59. The summed E-state index contributed by atoms with van der Waals surface area (Å²) in [6, 6.07) is 7.16. The van der Waals surface area contributed by atoms with Gasteiger partial charge in [0.2, 0.25) is 0 Å². The number of amides is 1. The normalized spacial score (nSPS) is 17.0. The van der Waals surface area contributed by atoms with Crippen molar-refractivity contribution >= 4 is 11.7 Å². The van der Waals surface area contributed by atoms with Gasteiger partial charge in [0.25, 0.3) is 5.91 Å². The van der Waals surface area contributed by atoms with Crippen molar-refractivity contribution < 1.29 is 14.3 Å². The molecule has 0 bridgehead atoms. The van der Waals surface area contributed by atoms with Gasteiger partial charge in [-0.1, -0.05) is 19.3 Å². The zero-order valence-electron chi connectivity index (χ0n) is 12.7. The maximum absolute atomic E-state index is 12.1. The lowest BCUT2D eigenvalue weighted by Gasteiger charge is -2.24. The standard InChI is InChI=1S/C17H23NO3/c1-12(19)14-8-10-16(11-9-14)21-13(2)17(20)18-15-6-4-3-5-7-15/h8-11,13,15H,3-7H2,1-2H3,(H,18,20). The molecule has 0 radical (unpaired) electrons. The van der Waals surface area contributed by atoms with Crippen LogP contribution in [0.2, 0.25) is 0 Å². The van der Waals surface area contributed by atoms with E-state index in [4.69, 9.17) is 4.74 Å². The fraction of sp³-hybridized carbons (Fsp3) is 0.529. The summed E-state index contributed by atoms with van der Waals surface area (Å²) >= 11 is 0. The average Bonchev–Trinajstić information content (AvgIpc) is 2.48. The molecule has 114 valence electrons. The molecule has 21 heavy (non-hydrogen) atoms. The third-order valence-corrected chi connectivity index (χ3v) is 3.89. The van der Waals surface area contributed by atoms with Crippen molar-refractivity contribution in [1.82, 2.24) is 5.32 Å². The smallest absolute Gasteiger partial charge is 0.260 e. The van der Waals surface area contributed by atoms with E-state index < -0.39 is 6.10 Å². The number of hydrogen-bond acceptors (Lipinski definition) is 3. The van der Waals surface area contributed by atoms with Gasteiger partial charge >= 0.3 is 0 Å². The molecule has 1 aliphatic carbocycles. The Hall–Kier alpha value is -1.84. The number of carbonyl (C=O) groups excluding carboxylic acids is 2. The van der Waals surface area contributed by atoms with Gasteiger partial charge < -0.3 is 10.1 Å². The summed E-state index contributed by atoms with van der Waals surface area (Å²) in [4.78, 5) is 23.3. The maximum Gasteiger partial charge on any atom is 0.260 e. The Labute approximate surface area is 125 Å². The van der Waals surface area contributed by atoms with Crippen LogP contribution in [0.3, 0.4) is 0 Å². The molecule has 1 N–H and O–H groups in total. The van der Waals surface area contributed by atoms with Gasteiger partial charge in [0.1, 0.15) is 5.75 Å². The molecule has 1 fully saturated rings. The predicted molar refractivity (Wildman–Crippen MR) is 81.6 cm³/mol. The first-order valence-corrected chi connectivity index (χ1v) is 7.64. The maximum atomic E-state index is 12.1. The highest BCUT2D eigenvalue weighted by Gasteiger charge is 2.20. The summed E-state index contributed by atoms with van der Waals surface area (Å²) in [7, 11) is 0. The number of Topliss-reactive ketones (excluding diaryl/α,β-unsaturated/α-hetero) is 1. The molecular weight excluding hydrogens is 266 g/mol. The van der Waals surface area contributed by atoms with Crippen LogP contribution in [0.25, 0.3) is 0 Å². The summed E-state index contributed by atoms with van der Waals surface area (Å²) in [5, 5.41) is 3.05. The summed E-state index contributed by atoms with van der Waals surface area (Å²) in [5.41, 5.74) is 0.640. The van der Waals surface area contributed by atoms with E-state index in [-0.39, 0.29) is 17.7 Å². The van der Waals surface area contributed by atoms with Gasteiger partial charge in [0, 0.05) is 11.6 Å². The van der Waals surface area contributed by atoms with Crippen LogP contribution in [0, 0.1) is 0 Å². The third-order valence-electron chi connectivity index (χ3n) is 3.89. The van der Waals surface area contributed by atoms with Gasteiger partial charge in [-0.25, -0.2) is 0 Å². The molecule has 1 aromatic rings. The van der Waals surface area contributed by atoms with Gasteiger partial charge in [0.15, 0.2) is 11.9 Å². The lowest BCUT2D eigenvalue weighted by atomic mass is 9.95. The fourth-order valence-electron chi connectivity index (χ4n) is 2.59. The monoisotopic (exact) mass is 289 g/mol. The zero-order valence-corrected chi connectivity index (χ0v) is 12.7. The molecule has 1 amide bonds. The summed E-state index contributed by atoms with van der Waals surface area (Å²) in [5.74, 6) is 0.550. The highest BCUT2D eigenvalue weighted by Crippen LogP contribution is 2.18. The third kappa shape index (κ3) is 4.59. The van der Waals surface area contributed by atoms with Crippen LogP contribution in [-0.4, -0.2) is 23.8 Å². The Morgan fingerprint density at radius 2 is 1.76 bits per heavy atom. The summed E-state index contributed by atoms with van der Waals surface area (Å²) in [6.07, 6.45) is 5.23. The van der Waals surface area contributed by atoms with E-state index in [0.717, 1.165) is 12.8 Å². The molecule has 0 aromatic heterocycles. The summed E-state index contributed by atoms with van der Waals surface area (Å²) in [6.45, 7) is 3.27. The number of ketones is 1. The van der Waals surface area contributed by atoms with Crippen molar-refractivity contribution in [3.05, 3.63) is 29.8 Å². The van der Waals surface area contributed by atoms with Crippen molar-refractivity contribution in [1.29, 1.82) is 0 Å². The molecule has 2 rings (SSSR count). The first kappa shape index (κ1) is 15.5. The Morgan fingerprint density at radius 1 is 1.14 bits per heavy atom. The van der Waals surface area contributed by atoms with Gasteiger partial charge in [-0.05, 0) is 51.0 Å². The Kier molecular flexibility index (Phi) is 5.37. The molecule has 4 heteroatoms. The Balaban J connectivity index is 1.86. The van der Waals surface area contributed by atoms with Crippen molar-refractivity contribution in [2.75, 3.05) is 0 Å². The lowest BCUT2D eigenvalue weighted by Crippen LogP contribution is -2.43. The van der Waals surface area contributed by atoms with Crippen LogP contribution in [0.4, 0.5) is 0 Å². The quantitative estimate of drug-likeness (QED) is 0.847. The zero-order chi connectivity index (χ0) is 15.2. The molecule has 1 aromatic carbocycles. The Bertz CT molecular complexity index is 489. The average molecular weight is 289 g/mol. The van der Waals surface area contributed by atoms with E-state index in [9.17, 15) is 9.59 Å². The molecule has 0 spiro atoms. The van der Waals surface area contributed by atoms with E-state index >= 15 is 0 Å². The van der Waals surface area contributed by atoms with Crippen molar-refractivity contribution in [2.24, 2.45) is 0 Å².